The van der Waals surface area contributed by atoms with Crippen LogP contribution in [0.2, 0.25) is 0 Å². The number of likely N-dealkylation sites (N-methyl/N-ethyl adjacent to an activating group) is 1. The molecule has 0 spiro atoms. The molecule has 0 saturated carbocycles. The van der Waals surface area contributed by atoms with Crippen molar-refractivity contribution in [2.24, 2.45) is 0 Å². The number of benzene rings is 1. The summed E-state index contributed by atoms with van der Waals surface area (Å²) in [4.78, 5) is 6.47. The van der Waals surface area contributed by atoms with Gasteiger partial charge >= 0.3 is 0 Å². The van der Waals surface area contributed by atoms with Gasteiger partial charge in [-0.2, -0.15) is 0 Å². The van der Waals surface area contributed by atoms with Crippen LogP contribution in [-0.4, -0.2) is 43.5 Å². The first-order valence-corrected chi connectivity index (χ1v) is 6.26. The molecule has 92 valence electrons. The van der Waals surface area contributed by atoms with Gasteiger partial charge in [-0.05, 0) is 12.1 Å². The van der Waals surface area contributed by atoms with E-state index in [4.69, 9.17) is 4.74 Å². The molecule has 4 nitrogen and oxygen atoms in total. The normalized spacial score (nSPS) is 12.9. The minimum Gasteiger partial charge on any atom is -0.389 e. The monoisotopic (exact) mass is 252 g/mol. The fraction of sp³-hybridized carbons (Fsp3) is 0.417. The largest absolute Gasteiger partial charge is 0.389 e. The Bertz CT molecular complexity index is 453. The van der Waals surface area contributed by atoms with Crippen LogP contribution in [0.5, 0.6) is 0 Å². The number of nitrogens with zero attached hydrogens (tertiary/aromatic N) is 2. The van der Waals surface area contributed by atoms with Gasteiger partial charge in [0.25, 0.3) is 0 Å². The second-order valence-electron chi connectivity index (χ2n) is 3.95. The summed E-state index contributed by atoms with van der Waals surface area (Å²) in [5, 5.41) is 10.6. The Morgan fingerprint density at radius 1 is 1.47 bits per heavy atom. The Morgan fingerprint density at radius 2 is 2.24 bits per heavy atom. The maximum absolute atomic E-state index is 9.67. The predicted molar refractivity (Wildman–Crippen MR) is 70.8 cm³/mol. The third kappa shape index (κ3) is 2.94. The lowest BCUT2D eigenvalue weighted by molar-refractivity contribution is 0.0695. The molecule has 1 N–H and O–H groups in total. The van der Waals surface area contributed by atoms with E-state index in [1.807, 2.05) is 30.1 Å². The topological polar surface area (TPSA) is 45.6 Å². The van der Waals surface area contributed by atoms with Crippen molar-refractivity contribution in [2.75, 3.05) is 32.2 Å². The smallest absolute Gasteiger partial charge is 0.186 e. The number of para-hydroxylation sites is 1. The molecule has 1 aromatic heterocycles. The SMILES string of the molecule is COCC(O)CN(C)c1nc2ccccc2s1. The van der Waals surface area contributed by atoms with Crippen molar-refractivity contribution in [3.8, 4) is 0 Å². The van der Waals surface area contributed by atoms with Crippen LogP contribution < -0.4 is 4.90 Å². The van der Waals surface area contributed by atoms with Crippen LogP contribution in [0.4, 0.5) is 5.13 Å². The third-order valence-electron chi connectivity index (χ3n) is 2.45. The molecule has 1 aromatic carbocycles. The summed E-state index contributed by atoms with van der Waals surface area (Å²) in [6, 6.07) is 8.03. The number of fused-ring (bicyclic) bond motifs is 1. The Labute approximate surface area is 104 Å². The van der Waals surface area contributed by atoms with Gasteiger partial charge in [0, 0.05) is 20.7 Å². The number of hydrogen-bond donors (Lipinski definition) is 1. The summed E-state index contributed by atoms with van der Waals surface area (Å²) in [6.07, 6.45) is -0.489. The molecule has 1 unspecified atom stereocenters. The van der Waals surface area contributed by atoms with Crippen molar-refractivity contribution in [1.29, 1.82) is 0 Å². The number of aliphatic hydroxyl groups is 1. The number of hydrogen-bond acceptors (Lipinski definition) is 5. The zero-order valence-corrected chi connectivity index (χ0v) is 10.8. The van der Waals surface area contributed by atoms with Gasteiger partial charge in [-0.3, -0.25) is 0 Å². The second-order valence-corrected chi connectivity index (χ2v) is 4.96. The van der Waals surface area contributed by atoms with Gasteiger partial charge in [0.15, 0.2) is 5.13 Å². The Morgan fingerprint density at radius 3 is 2.94 bits per heavy atom. The van der Waals surface area contributed by atoms with E-state index < -0.39 is 6.10 Å². The molecule has 1 heterocycles. The van der Waals surface area contributed by atoms with Gasteiger partial charge in [0.05, 0.1) is 22.9 Å². The molecule has 0 amide bonds. The van der Waals surface area contributed by atoms with E-state index in [0.29, 0.717) is 13.2 Å². The van der Waals surface area contributed by atoms with Crippen molar-refractivity contribution in [1.82, 2.24) is 4.98 Å². The first-order valence-electron chi connectivity index (χ1n) is 5.44. The van der Waals surface area contributed by atoms with Gasteiger partial charge in [-0.25, -0.2) is 4.98 Å². The van der Waals surface area contributed by atoms with Crippen molar-refractivity contribution in [3.05, 3.63) is 24.3 Å². The quantitative estimate of drug-likeness (QED) is 0.880. The second kappa shape index (κ2) is 5.44. The third-order valence-corrected chi connectivity index (χ3v) is 3.60. The number of rotatable bonds is 5. The predicted octanol–water partition coefficient (Wildman–Crippen LogP) is 1.74. The summed E-state index contributed by atoms with van der Waals surface area (Å²) in [7, 11) is 3.51. The zero-order chi connectivity index (χ0) is 12.3. The summed E-state index contributed by atoms with van der Waals surface area (Å²) in [5.74, 6) is 0. The van der Waals surface area contributed by atoms with Gasteiger partial charge in [0.2, 0.25) is 0 Å². The first-order chi connectivity index (χ1) is 8.20. The van der Waals surface area contributed by atoms with Crippen LogP contribution in [0.25, 0.3) is 10.2 Å². The Kier molecular flexibility index (Phi) is 3.93. The molecule has 0 aliphatic heterocycles. The molecule has 0 saturated heterocycles. The van der Waals surface area contributed by atoms with Crippen LogP contribution in [0, 0.1) is 0 Å². The Hall–Kier alpha value is -1.17. The molecule has 0 aliphatic rings. The van der Waals surface area contributed by atoms with E-state index in [1.165, 1.54) is 0 Å². The maximum Gasteiger partial charge on any atom is 0.186 e. The number of aromatic nitrogens is 1. The van der Waals surface area contributed by atoms with Crippen LogP contribution in [0.15, 0.2) is 24.3 Å². The van der Waals surface area contributed by atoms with E-state index in [-0.39, 0.29) is 0 Å². The molecule has 17 heavy (non-hydrogen) atoms. The maximum atomic E-state index is 9.67. The number of anilines is 1. The number of thiazole rings is 1. The molecule has 1 atom stereocenters. The molecular weight excluding hydrogens is 236 g/mol. The lowest BCUT2D eigenvalue weighted by atomic mass is 10.3. The molecule has 5 heteroatoms. The van der Waals surface area contributed by atoms with Crippen molar-refractivity contribution >= 4 is 26.7 Å². The highest BCUT2D eigenvalue weighted by Crippen LogP contribution is 2.27. The minimum atomic E-state index is -0.489. The van der Waals surface area contributed by atoms with E-state index in [9.17, 15) is 5.11 Å². The minimum absolute atomic E-state index is 0.342. The standard InChI is InChI=1S/C12H16N2O2S/c1-14(7-9(15)8-16-2)12-13-10-5-3-4-6-11(10)17-12/h3-6,9,15H,7-8H2,1-2H3. The molecule has 2 aromatic rings. The average Bonchev–Trinajstić information content (AvgIpc) is 2.72. The lowest BCUT2D eigenvalue weighted by Crippen LogP contribution is -2.31. The van der Waals surface area contributed by atoms with E-state index in [2.05, 4.69) is 11.1 Å². The number of methoxy groups -OCH3 is 1. The summed E-state index contributed by atoms with van der Waals surface area (Å²) < 4.78 is 6.07. The molecule has 2 rings (SSSR count). The van der Waals surface area contributed by atoms with Gasteiger partial charge in [0.1, 0.15) is 0 Å². The molecule has 0 fully saturated rings. The van der Waals surface area contributed by atoms with E-state index >= 15 is 0 Å². The van der Waals surface area contributed by atoms with E-state index in [0.717, 1.165) is 15.3 Å². The lowest BCUT2D eigenvalue weighted by Gasteiger charge is -2.19. The van der Waals surface area contributed by atoms with E-state index in [1.54, 1.807) is 18.4 Å². The van der Waals surface area contributed by atoms with Gasteiger partial charge in [-0.1, -0.05) is 23.5 Å². The zero-order valence-electron chi connectivity index (χ0n) is 9.96. The average molecular weight is 252 g/mol. The van der Waals surface area contributed by atoms with Gasteiger partial charge < -0.3 is 14.7 Å². The number of aliphatic hydroxyl groups excluding tert-OH is 1. The summed E-state index contributed by atoms with van der Waals surface area (Å²) >= 11 is 1.63. The number of ether oxygens (including phenoxy) is 1. The van der Waals surface area contributed by atoms with Crippen LogP contribution in [-0.2, 0) is 4.74 Å². The molecule has 0 bridgehead atoms. The van der Waals surface area contributed by atoms with Crippen molar-refractivity contribution in [2.45, 2.75) is 6.10 Å². The Balaban J connectivity index is 2.10. The first kappa shape index (κ1) is 12.3. The summed E-state index contributed by atoms with van der Waals surface area (Å²) in [5.41, 5.74) is 1.00. The highest BCUT2D eigenvalue weighted by atomic mass is 32.1. The van der Waals surface area contributed by atoms with Crippen molar-refractivity contribution < 1.29 is 9.84 Å². The highest BCUT2D eigenvalue weighted by Gasteiger charge is 2.12. The molecular formula is C12H16N2O2S. The fourth-order valence-electron chi connectivity index (χ4n) is 1.66. The van der Waals surface area contributed by atoms with Crippen LogP contribution in [0.3, 0.4) is 0 Å². The van der Waals surface area contributed by atoms with Gasteiger partial charge in [-0.15, -0.1) is 0 Å². The molecule has 0 radical (unpaired) electrons. The highest BCUT2D eigenvalue weighted by molar-refractivity contribution is 7.22. The fourth-order valence-corrected chi connectivity index (χ4v) is 2.60. The van der Waals surface area contributed by atoms with Crippen LogP contribution >= 0.6 is 11.3 Å². The summed E-state index contributed by atoms with van der Waals surface area (Å²) in [6.45, 7) is 0.864. The molecule has 0 aliphatic carbocycles. The van der Waals surface area contributed by atoms with Crippen molar-refractivity contribution in [3.63, 3.8) is 0 Å². The van der Waals surface area contributed by atoms with Crippen LogP contribution in [0.1, 0.15) is 0 Å².